The van der Waals surface area contributed by atoms with Crippen molar-refractivity contribution in [1.82, 2.24) is 25.3 Å². The van der Waals surface area contributed by atoms with Gasteiger partial charge in [0.1, 0.15) is 18.3 Å². The molecule has 200 valence electrons. The number of carbonyl (C=O) groups is 1. The van der Waals surface area contributed by atoms with E-state index in [4.69, 9.17) is 4.74 Å². The van der Waals surface area contributed by atoms with Crippen LogP contribution in [0.15, 0.2) is 36.8 Å². The zero-order chi connectivity index (χ0) is 27.2. The van der Waals surface area contributed by atoms with Gasteiger partial charge >= 0.3 is 0 Å². The van der Waals surface area contributed by atoms with Gasteiger partial charge in [-0.1, -0.05) is 38.8 Å². The molecule has 0 bridgehead atoms. The SMILES string of the molecule is CCCCC(C(=O)COc1c(F)c(F)cc(F)c1F)n1cc([C@@](C)(NCc2ccncc2)C(C)C)nn1. The molecule has 2 atom stereocenters. The van der Waals surface area contributed by atoms with Crippen LogP contribution >= 0.6 is 0 Å². The highest BCUT2D eigenvalue weighted by molar-refractivity contribution is 5.84. The number of nitrogens with zero attached hydrogens (tertiary/aromatic N) is 4. The quantitative estimate of drug-likeness (QED) is 0.244. The molecule has 0 fully saturated rings. The van der Waals surface area contributed by atoms with Crippen molar-refractivity contribution in [2.45, 2.75) is 65.1 Å². The summed E-state index contributed by atoms with van der Waals surface area (Å²) in [6.45, 7) is 7.76. The smallest absolute Gasteiger partial charge is 0.203 e. The van der Waals surface area contributed by atoms with Gasteiger partial charge in [-0.3, -0.25) is 9.78 Å². The van der Waals surface area contributed by atoms with Crippen LogP contribution in [0.3, 0.4) is 0 Å². The number of hydrogen-bond donors (Lipinski definition) is 1. The number of unbranched alkanes of at least 4 members (excludes halogenated alkanes) is 1. The predicted molar refractivity (Wildman–Crippen MR) is 129 cm³/mol. The molecule has 0 aliphatic rings. The summed E-state index contributed by atoms with van der Waals surface area (Å²) in [6.07, 6.45) is 6.89. The van der Waals surface area contributed by atoms with E-state index in [0.717, 1.165) is 12.0 Å². The lowest BCUT2D eigenvalue weighted by Gasteiger charge is -2.33. The van der Waals surface area contributed by atoms with Crippen molar-refractivity contribution >= 4 is 5.78 Å². The summed E-state index contributed by atoms with van der Waals surface area (Å²) in [5, 5.41) is 12.0. The van der Waals surface area contributed by atoms with E-state index < -0.39 is 53.0 Å². The molecular weight excluding hydrogens is 490 g/mol. The van der Waals surface area contributed by atoms with Crippen LogP contribution < -0.4 is 10.1 Å². The molecule has 3 rings (SSSR count). The van der Waals surface area contributed by atoms with Crippen LogP contribution in [0.5, 0.6) is 5.75 Å². The fraction of sp³-hybridized carbons (Fsp3) is 0.462. The summed E-state index contributed by atoms with van der Waals surface area (Å²) in [5.74, 6) is -8.37. The maximum Gasteiger partial charge on any atom is 0.203 e. The van der Waals surface area contributed by atoms with Crippen LogP contribution in [0.1, 0.15) is 64.3 Å². The molecule has 2 heterocycles. The van der Waals surface area contributed by atoms with E-state index in [0.29, 0.717) is 25.1 Å². The lowest BCUT2D eigenvalue weighted by Crippen LogP contribution is -2.44. The summed E-state index contributed by atoms with van der Waals surface area (Å²) in [5.41, 5.74) is 1.05. The summed E-state index contributed by atoms with van der Waals surface area (Å²) >= 11 is 0. The molecule has 1 aromatic carbocycles. The maximum absolute atomic E-state index is 14.0. The van der Waals surface area contributed by atoms with Gasteiger partial charge in [0.15, 0.2) is 23.2 Å². The van der Waals surface area contributed by atoms with Crippen LogP contribution in [-0.4, -0.2) is 32.4 Å². The first-order valence-corrected chi connectivity index (χ1v) is 12.1. The molecule has 0 amide bonds. The highest BCUT2D eigenvalue weighted by Crippen LogP contribution is 2.30. The largest absolute Gasteiger partial charge is 0.479 e. The summed E-state index contributed by atoms with van der Waals surface area (Å²) < 4.78 is 61.3. The lowest BCUT2D eigenvalue weighted by molar-refractivity contribution is -0.124. The van der Waals surface area contributed by atoms with Gasteiger partial charge in [0.25, 0.3) is 0 Å². The van der Waals surface area contributed by atoms with Gasteiger partial charge in [0, 0.05) is 25.0 Å². The third-order valence-electron chi connectivity index (χ3n) is 6.56. The number of ether oxygens (including phenoxy) is 1. The van der Waals surface area contributed by atoms with E-state index in [2.05, 4.69) is 20.6 Å². The summed E-state index contributed by atoms with van der Waals surface area (Å²) in [6, 6.07) is 3.04. The number of ketones is 1. The van der Waals surface area contributed by atoms with E-state index in [9.17, 15) is 22.4 Å². The average Bonchev–Trinajstić information content (AvgIpc) is 3.37. The number of aromatic nitrogens is 4. The molecule has 0 aliphatic heterocycles. The molecular formula is C26H31F4N5O2. The first kappa shape index (κ1) is 28.2. The Morgan fingerprint density at radius 1 is 1.14 bits per heavy atom. The van der Waals surface area contributed by atoms with Crippen molar-refractivity contribution in [3.05, 3.63) is 71.3 Å². The number of pyridine rings is 1. The molecule has 1 N–H and O–H groups in total. The number of Topliss-reactive ketones (excluding diaryl/α,β-unsaturated/α-hetero) is 1. The molecule has 1 unspecified atom stereocenters. The van der Waals surface area contributed by atoms with Crippen LogP contribution in [0.4, 0.5) is 17.6 Å². The normalized spacial score (nSPS) is 14.0. The highest BCUT2D eigenvalue weighted by Gasteiger charge is 2.34. The molecule has 0 radical (unpaired) electrons. The van der Waals surface area contributed by atoms with Crippen LogP contribution in [0.2, 0.25) is 0 Å². The highest BCUT2D eigenvalue weighted by atomic mass is 19.2. The maximum atomic E-state index is 14.0. The molecule has 7 nitrogen and oxygen atoms in total. The van der Waals surface area contributed by atoms with Crippen molar-refractivity contribution in [2.75, 3.05) is 6.61 Å². The second-order valence-corrected chi connectivity index (χ2v) is 9.36. The van der Waals surface area contributed by atoms with E-state index in [1.807, 2.05) is 39.8 Å². The number of halogens is 4. The van der Waals surface area contributed by atoms with Gasteiger partial charge in [-0.15, -0.1) is 5.10 Å². The Labute approximate surface area is 213 Å². The molecule has 11 heteroatoms. The van der Waals surface area contributed by atoms with Gasteiger partial charge in [-0.05, 0) is 37.0 Å². The molecule has 3 aromatic rings. The van der Waals surface area contributed by atoms with Crippen LogP contribution in [-0.2, 0) is 16.9 Å². The predicted octanol–water partition coefficient (Wildman–Crippen LogP) is 5.27. The number of nitrogens with one attached hydrogen (secondary N) is 1. The van der Waals surface area contributed by atoms with Gasteiger partial charge in [0.05, 0.1) is 11.7 Å². The second-order valence-electron chi connectivity index (χ2n) is 9.36. The van der Waals surface area contributed by atoms with Crippen LogP contribution in [0.25, 0.3) is 0 Å². The monoisotopic (exact) mass is 521 g/mol. The van der Waals surface area contributed by atoms with Crippen molar-refractivity contribution in [3.8, 4) is 5.75 Å². The Hall–Kier alpha value is -3.34. The van der Waals surface area contributed by atoms with Crippen molar-refractivity contribution in [1.29, 1.82) is 0 Å². The van der Waals surface area contributed by atoms with Gasteiger partial charge in [-0.2, -0.15) is 8.78 Å². The van der Waals surface area contributed by atoms with E-state index >= 15 is 0 Å². The number of hydrogen-bond acceptors (Lipinski definition) is 6. The molecule has 37 heavy (non-hydrogen) atoms. The molecule has 0 saturated carbocycles. The van der Waals surface area contributed by atoms with E-state index in [1.54, 1.807) is 18.6 Å². The first-order chi connectivity index (χ1) is 17.6. The zero-order valence-corrected chi connectivity index (χ0v) is 21.3. The fourth-order valence-electron chi connectivity index (χ4n) is 3.80. The lowest BCUT2D eigenvalue weighted by atomic mass is 9.85. The minimum atomic E-state index is -1.70. The second kappa shape index (κ2) is 12.3. The van der Waals surface area contributed by atoms with E-state index in [-0.39, 0.29) is 12.0 Å². The summed E-state index contributed by atoms with van der Waals surface area (Å²) in [4.78, 5) is 17.1. The van der Waals surface area contributed by atoms with Crippen molar-refractivity contribution < 1.29 is 27.1 Å². The van der Waals surface area contributed by atoms with Crippen molar-refractivity contribution in [2.24, 2.45) is 5.92 Å². The third kappa shape index (κ3) is 6.51. The topological polar surface area (TPSA) is 81.9 Å². The van der Waals surface area contributed by atoms with Crippen molar-refractivity contribution in [3.63, 3.8) is 0 Å². The Morgan fingerprint density at radius 3 is 2.38 bits per heavy atom. The Balaban J connectivity index is 1.81. The minimum Gasteiger partial charge on any atom is -0.479 e. The number of benzene rings is 1. The Morgan fingerprint density at radius 2 is 1.78 bits per heavy atom. The van der Waals surface area contributed by atoms with E-state index in [1.165, 1.54) is 4.68 Å². The van der Waals surface area contributed by atoms with Gasteiger partial charge in [-0.25, -0.2) is 13.5 Å². The van der Waals surface area contributed by atoms with Crippen LogP contribution in [0, 0.1) is 29.2 Å². The zero-order valence-electron chi connectivity index (χ0n) is 21.3. The minimum absolute atomic E-state index is 0.0782. The van der Waals surface area contributed by atoms with Gasteiger partial charge < -0.3 is 10.1 Å². The molecule has 2 aromatic heterocycles. The third-order valence-corrected chi connectivity index (χ3v) is 6.56. The average molecular weight is 522 g/mol. The molecule has 0 saturated heterocycles. The first-order valence-electron chi connectivity index (χ1n) is 12.1. The van der Waals surface area contributed by atoms with Gasteiger partial charge in [0.2, 0.25) is 11.6 Å². The fourth-order valence-corrected chi connectivity index (χ4v) is 3.80. The Bertz CT molecular complexity index is 1180. The Kier molecular flexibility index (Phi) is 9.36. The summed E-state index contributed by atoms with van der Waals surface area (Å²) in [7, 11) is 0. The molecule has 0 spiro atoms. The number of rotatable bonds is 13. The standard InChI is InChI=1S/C26H31F4N5O2/c1-5-6-7-20(21(36)15-37-25-23(29)18(27)12-19(28)24(25)30)35-14-22(33-34-35)26(4,16(2)3)32-13-17-8-10-31-11-9-17/h8-12,14,16,20,32H,5-7,13,15H2,1-4H3/t20?,26-/m0/s1. The molecule has 0 aliphatic carbocycles. The number of carbonyl (C=O) groups excluding carboxylic acids is 1.